The lowest BCUT2D eigenvalue weighted by Crippen LogP contribution is -2.35. The average Bonchev–Trinajstić information content (AvgIpc) is 3.04. The predicted molar refractivity (Wildman–Crippen MR) is 108 cm³/mol. The summed E-state index contributed by atoms with van der Waals surface area (Å²) >= 11 is 1.17. The van der Waals surface area contributed by atoms with E-state index in [9.17, 15) is 14.4 Å². The molecule has 0 unspecified atom stereocenters. The number of hydrogen-bond acceptors (Lipinski definition) is 6. The van der Waals surface area contributed by atoms with E-state index in [0.717, 1.165) is 12.8 Å². The topological polar surface area (TPSA) is 123 Å². The maximum Gasteiger partial charge on any atom is 0.343 e. The van der Waals surface area contributed by atoms with E-state index in [1.807, 2.05) is 6.92 Å². The fraction of sp³-hybridized carbons (Fsp3) is 0.444. The van der Waals surface area contributed by atoms with Crippen LogP contribution in [-0.2, 0) is 16.1 Å². The summed E-state index contributed by atoms with van der Waals surface area (Å²) in [6.07, 6.45) is 1.81. The van der Waals surface area contributed by atoms with Crippen LogP contribution in [-0.4, -0.2) is 46.0 Å². The molecule has 0 saturated heterocycles. The number of methoxy groups -OCH3 is 1. The van der Waals surface area contributed by atoms with Crippen LogP contribution in [0.3, 0.4) is 0 Å². The molecule has 1 aromatic carbocycles. The molecule has 2 amide bonds. The molecule has 0 fully saturated rings. The number of hydrogen-bond donors (Lipinski definition) is 2. The summed E-state index contributed by atoms with van der Waals surface area (Å²) in [4.78, 5) is 37.5. The molecular formula is C18H25N5O4S. The van der Waals surface area contributed by atoms with Crippen LogP contribution < -0.4 is 21.1 Å². The fourth-order valence-corrected chi connectivity index (χ4v) is 3.43. The van der Waals surface area contributed by atoms with Crippen molar-refractivity contribution >= 4 is 29.3 Å². The number of thioether (sulfide) groups is 1. The minimum atomic E-state index is -0.499. The van der Waals surface area contributed by atoms with Crippen molar-refractivity contribution < 1.29 is 14.3 Å². The molecule has 0 aliphatic heterocycles. The number of carbonyl (C=O) groups is 2. The van der Waals surface area contributed by atoms with Crippen LogP contribution >= 0.6 is 11.8 Å². The lowest BCUT2D eigenvalue weighted by Gasteiger charge is -2.24. The lowest BCUT2D eigenvalue weighted by atomic mass is 10.2. The zero-order valence-electron chi connectivity index (χ0n) is 16.0. The van der Waals surface area contributed by atoms with E-state index in [0.29, 0.717) is 23.1 Å². The minimum absolute atomic E-state index is 0.0259. The number of rotatable bonds is 11. The molecule has 2 rings (SSSR count). The summed E-state index contributed by atoms with van der Waals surface area (Å²) in [5.41, 5.74) is 5.52. The smallest absolute Gasteiger partial charge is 0.343 e. The van der Waals surface area contributed by atoms with Gasteiger partial charge in [0.2, 0.25) is 11.8 Å². The Hall–Kier alpha value is -2.75. The molecule has 0 spiro atoms. The first-order chi connectivity index (χ1) is 13.5. The van der Waals surface area contributed by atoms with E-state index in [1.165, 1.54) is 28.3 Å². The zero-order chi connectivity index (χ0) is 20.5. The Bertz CT molecular complexity index is 864. The van der Waals surface area contributed by atoms with Crippen LogP contribution in [0.15, 0.2) is 34.2 Å². The number of nitrogens with one attached hydrogen (secondary N) is 1. The Balaban J connectivity index is 2.17. The molecule has 3 N–H and O–H groups in total. The van der Waals surface area contributed by atoms with Crippen molar-refractivity contribution in [2.45, 2.75) is 37.9 Å². The normalized spacial score (nSPS) is 10.6. The lowest BCUT2D eigenvalue weighted by molar-refractivity contribution is -0.118. The summed E-state index contributed by atoms with van der Waals surface area (Å²) < 4.78 is 6.86. The number of unbranched alkanes of at least 4 members (excludes halogenated alkanes) is 1. The Morgan fingerprint density at radius 1 is 1.36 bits per heavy atom. The quantitative estimate of drug-likeness (QED) is 0.543. The van der Waals surface area contributed by atoms with Crippen LogP contribution in [0.25, 0.3) is 0 Å². The SMILES string of the molecule is CCCCn1c(SCC(=O)N(CCC(N)=O)c2ccccc2OC)n[nH]c1=O. The molecular weight excluding hydrogens is 382 g/mol. The van der Waals surface area contributed by atoms with E-state index in [1.54, 1.807) is 24.3 Å². The van der Waals surface area contributed by atoms with Gasteiger partial charge in [0.05, 0.1) is 18.6 Å². The largest absolute Gasteiger partial charge is 0.495 e. The Kier molecular flexibility index (Phi) is 8.12. The second-order valence-electron chi connectivity index (χ2n) is 6.04. The van der Waals surface area contributed by atoms with Crippen LogP contribution in [0.1, 0.15) is 26.2 Å². The molecule has 0 bridgehead atoms. The van der Waals surface area contributed by atoms with Crippen molar-refractivity contribution in [3.05, 3.63) is 34.7 Å². The molecule has 0 aliphatic carbocycles. The monoisotopic (exact) mass is 407 g/mol. The molecule has 0 saturated carbocycles. The maximum absolute atomic E-state index is 12.9. The highest BCUT2D eigenvalue weighted by molar-refractivity contribution is 7.99. The van der Waals surface area contributed by atoms with Crippen LogP contribution in [0.2, 0.25) is 0 Å². The number of aromatic nitrogens is 3. The first-order valence-corrected chi connectivity index (χ1v) is 9.96. The van der Waals surface area contributed by atoms with Gasteiger partial charge in [-0.25, -0.2) is 9.89 Å². The van der Waals surface area contributed by atoms with Gasteiger partial charge in [-0.1, -0.05) is 37.2 Å². The van der Waals surface area contributed by atoms with Crippen LogP contribution in [0.5, 0.6) is 5.75 Å². The van der Waals surface area contributed by atoms with Crippen molar-refractivity contribution in [1.82, 2.24) is 14.8 Å². The fourth-order valence-electron chi connectivity index (χ4n) is 2.59. The van der Waals surface area contributed by atoms with Gasteiger partial charge >= 0.3 is 5.69 Å². The number of ether oxygens (including phenoxy) is 1. The van der Waals surface area contributed by atoms with Gasteiger partial charge in [0.25, 0.3) is 0 Å². The number of aromatic amines is 1. The number of nitrogens with zero attached hydrogens (tertiary/aromatic N) is 3. The van der Waals surface area contributed by atoms with E-state index in [-0.39, 0.29) is 30.3 Å². The van der Waals surface area contributed by atoms with Gasteiger partial charge < -0.3 is 15.4 Å². The third kappa shape index (κ3) is 5.62. The number of carbonyl (C=O) groups excluding carboxylic acids is 2. The first kappa shape index (κ1) is 21.5. The second-order valence-corrected chi connectivity index (χ2v) is 6.98. The van der Waals surface area contributed by atoms with Gasteiger partial charge in [-0.3, -0.25) is 14.2 Å². The standard InChI is InChI=1S/C18H25N5O4S/c1-3-4-10-23-17(26)20-21-18(23)28-12-16(25)22(11-9-15(19)24)13-7-5-6-8-14(13)27-2/h5-8H,3-4,9-12H2,1-2H3,(H2,19,24)(H,20,26). The molecule has 152 valence electrons. The summed E-state index contributed by atoms with van der Waals surface area (Å²) in [5.74, 6) is -0.174. The number of para-hydroxylation sites is 2. The van der Waals surface area contributed by atoms with Crippen molar-refractivity contribution in [3.8, 4) is 5.75 Å². The Morgan fingerprint density at radius 3 is 2.79 bits per heavy atom. The van der Waals surface area contributed by atoms with Gasteiger partial charge in [0.1, 0.15) is 5.75 Å². The van der Waals surface area contributed by atoms with Gasteiger partial charge in [0, 0.05) is 19.5 Å². The number of amides is 2. The predicted octanol–water partition coefficient (Wildman–Crippen LogP) is 1.38. The van der Waals surface area contributed by atoms with Gasteiger partial charge in [-0.2, -0.15) is 0 Å². The van der Waals surface area contributed by atoms with Crippen molar-refractivity contribution in [3.63, 3.8) is 0 Å². The molecule has 1 heterocycles. The number of H-pyrrole nitrogens is 1. The number of benzene rings is 1. The second kappa shape index (κ2) is 10.5. The molecule has 0 aliphatic rings. The summed E-state index contributed by atoms with van der Waals surface area (Å²) in [6, 6.07) is 7.06. The Morgan fingerprint density at radius 2 is 2.11 bits per heavy atom. The van der Waals surface area contributed by atoms with Crippen LogP contribution in [0.4, 0.5) is 5.69 Å². The molecule has 2 aromatic rings. The van der Waals surface area contributed by atoms with Crippen molar-refractivity contribution in [2.24, 2.45) is 5.73 Å². The third-order valence-corrected chi connectivity index (χ3v) is 5.00. The van der Waals surface area contributed by atoms with Gasteiger partial charge in [-0.15, -0.1) is 5.10 Å². The molecule has 10 heteroatoms. The van der Waals surface area contributed by atoms with E-state index >= 15 is 0 Å². The highest BCUT2D eigenvalue weighted by atomic mass is 32.2. The van der Waals surface area contributed by atoms with Crippen molar-refractivity contribution in [2.75, 3.05) is 24.3 Å². The average molecular weight is 407 g/mol. The van der Waals surface area contributed by atoms with E-state index in [4.69, 9.17) is 10.5 Å². The highest BCUT2D eigenvalue weighted by Gasteiger charge is 2.21. The Labute approximate surface area is 167 Å². The summed E-state index contributed by atoms with van der Waals surface area (Å²) in [6.45, 7) is 2.71. The summed E-state index contributed by atoms with van der Waals surface area (Å²) in [7, 11) is 1.51. The highest BCUT2D eigenvalue weighted by Crippen LogP contribution is 2.29. The van der Waals surface area contributed by atoms with Crippen LogP contribution in [0, 0.1) is 0 Å². The molecule has 0 radical (unpaired) electrons. The van der Waals surface area contributed by atoms with Gasteiger partial charge in [-0.05, 0) is 18.6 Å². The minimum Gasteiger partial charge on any atom is -0.495 e. The molecule has 28 heavy (non-hydrogen) atoms. The van der Waals surface area contributed by atoms with Gasteiger partial charge in [0.15, 0.2) is 5.16 Å². The number of primary amides is 1. The molecule has 9 nitrogen and oxygen atoms in total. The molecule has 0 atom stereocenters. The van der Waals surface area contributed by atoms with Crippen molar-refractivity contribution in [1.29, 1.82) is 0 Å². The third-order valence-electron chi connectivity index (χ3n) is 4.04. The van der Waals surface area contributed by atoms with E-state index < -0.39 is 5.91 Å². The number of nitrogens with two attached hydrogens (primary N) is 1. The zero-order valence-corrected chi connectivity index (χ0v) is 16.8. The summed E-state index contributed by atoms with van der Waals surface area (Å²) in [5, 5.41) is 6.88. The van der Waals surface area contributed by atoms with E-state index in [2.05, 4.69) is 10.2 Å². The maximum atomic E-state index is 12.9. The molecule has 1 aromatic heterocycles. The first-order valence-electron chi connectivity index (χ1n) is 8.97. The number of anilines is 1.